The largest absolute Gasteiger partial charge is 0.481 e. The minimum absolute atomic E-state index is 0.139. The molecular weight excluding hydrogens is 344 g/mol. The number of carboxylic acids is 1. The first-order valence-corrected chi connectivity index (χ1v) is 11.9. The van der Waals surface area contributed by atoms with E-state index in [2.05, 4.69) is 24.7 Å². The monoisotopic (exact) mass is 388 g/mol. The molecule has 160 valence electrons. The summed E-state index contributed by atoms with van der Waals surface area (Å²) in [6.07, 6.45) is 27.7. The summed E-state index contributed by atoms with van der Waals surface area (Å²) >= 11 is 0. The fourth-order valence-corrected chi connectivity index (χ4v) is 3.69. The van der Waals surface area contributed by atoms with Crippen molar-refractivity contribution in [1.29, 1.82) is 0 Å². The average Bonchev–Trinajstić information content (AvgIpc) is 2.68. The van der Waals surface area contributed by atoms with Crippen molar-refractivity contribution in [2.45, 2.75) is 129 Å². The molecule has 2 heteroatoms. The fraction of sp³-hybridized carbons (Fsp3) is 0.808. The number of aliphatic carboxylic acids is 1. The molecule has 0 rings (SSSR count). The van der Waals surface area contributed by atoms with Gasteiger partial charge < -0.3 is 5.11 Å². The topological polar surface area (TPSA) is 37.3 Å². The lowest BCUT2D eigenvalue weighted by molar-refractivity contribution is -0.142. The second-order valence-electron chi connectivity index (χ2n) is 8.11. The van der Waals surface area contributed by atoms with E-state index in [1.807, 2.05) is 0 Å². The highest BCUT2D eigenvalue weighted by Crippen LogP contribution is 2.20. The molecule has 0 aromatic rings. The predicted molar refractivity (Wildman–Crippen MR) is 121 cm³/mol. The Balaban J connectivity index is 3.51. The second-order valence-corrected chi connectivity index (χ2v) is 8.11. The average molecular weight is 389 g/mol. The maximum atomic E-state index is 11.4. The summed E-state index contributed by atoms with van der Waals surface area (Å²) in [7, 11) is 0. The van der Waals surface area contributed by atoms with Gasteiger partial charge in [0.05, 0.1) is 5.92 Å². The summed E-state index contributed by atoms with van der Waals surface area (Å²) < 4.78 is 0. The maximum absolute atomic E-state index is 11.4. The van der Waals surface area contributed by atoms with Crippen LogP contribution in [0.25, 0.3) is 0 Å². The number of unbranched alkanes of at least 4 members (excludes halogenated alkanes) is 15. The number of rotatable bonds is 20. The third-order valence-corrected chi connectivity index (χ3v) is 5.52. The van der Waals surface area contributed by atoms with Gasteiger partial charge in [0.2, 0.25) is 0 Å². The molecular formula is C26H44O2. The molecule has 0 amide bonds. The minimum atomic E-state index is -0.600. The van der Waals surface area contributed by atoms with Crippen LogP contribution < -0.4 is 0 Å². The number of terminal acetylenes is 1. The van der Waals surface area contributed by atoms with Crippen molar-refractivity contribution in [3.63, 3.8) is 0 Å². The van der Waals surface area contributed by atoms with Gasteiger partial charge in [0.25, 0.3) is 0 Å². The molecule has 0 radical (unpaired) electrons. The number of carboxylic acid groups (broad SMARTS) is 1. The van der Waals surface area contributed by atoms with Gasteiger partial charge in [-0.3, -0.25) is 4.79 Å². The van der Waals surface area contributed by atoms with Gasteiger partial charge in [0, 0.05) is 6.42 Å². The molecule has 1 unspecified atom stereocenters. The van der Waals surface area contributed by atoms with Gasteiger partial charge in [0.15, 0.2) is 0 Å². The van der Waals surface area contributed by atoms with Crippen molar-refractivity contribution in [3.05, 3.63) is 0 Å². The van der Waals surface area contributed by atoms with E-state index in [9.17, 15) is 9.90 Å². The van der Waals surface area contributed by atoms with Crippen LogP contribution in [0.15, 0.2) is 0 Å². The van der Waals surface area contributed by atoms with Gasteiger partial charge in [-0.25, -0.2) is 0 Å². The van der Waals surface area contributed by atoms with E-state index < -0.39 is 5.97 Å². The summed E-state index contributed by atoms with van der Waals surface area (Å²) in [5.41, 5.74) is 0. The molecule has 0 aromatic carbocycles. The molecule has 2 nitrogen and oxygen atoms in total. The van der Waals surface area contributed by atoms with E-state index in [-0.39, 0.29) is 5.92 Å². The summed E-state index contributed by atoms with van der Waals surface area (Å²) in [5, 5.41) is 9.43. The highest BCUT2D eigenvalue weighted by molar-refractivity contribution is 5.69. The normalized spacial score (nSPS) is 11.4. The first-order valence-electron chi connectivity index (χ1n) is 11.9. The highest BCUT2D eigenvalue weighted by atomic mass is 16.4. The summed E-state index contributed by atoms with van der Waals surface area (Å²) in [4.78, 5) is 11.4. The zero-order chi connectivity index (χ0) is 20.7. The number of hydrogen-bond acceptors (Lipinski definition) is 1. The van der Waals surface area contributed by atoms with E-state index in [0.717, 1.165) is 51.4 Å². The van der Waals surface area contributed by atoms with Crippen LogP contribution in [0, 0.1) is 30.1 Å². The Bertz CT molecular complexity index is 449. The molecule has 0 spiro atoms. The lowest BCUT2D eigenvalue weighted by atomic mass is 9.94. The molecule has 1 atom stereocenters. The molecule has 0 aliphatic heterocycles. The van der Waals surface area contributed by atoms with Crippen LogP contribution in [-0.4, -0.2) is 11.1 Å². The van der Waals surface area contributed by atoms with Crippen molar-refractivity contribution in [3.8, 4) is 24.2 Å². The summed E-state index contributed by atoms with van der Waals surface area (Å²) in [6, 6.07) is 0. The van der Waals surface area contributed by atoms with Crippen LogP contribution in [0.5, 0.6) is 0 Å². The van der Waals surface area contributed by atoms with Crippen LogP contribution in [0.4, 0.5) is 0 Å². The zero-order valence-corrected chi connectivity index (χ0v) is 18.4. The molecule has 0 aliphatic rings. The van der Waals surface area contributed by atoms with E-state index in [1.165, 1.54) is 70.6 Å². The molecule has 0 heterocycles. The van der Waals surface area contributed by atoms with Crippen molar-refractivity contribution in [2.75, 3.05) is 0 Å². The SMILES string of the molecule is C#CC#CCCCCCCCC(CCCCCCCCCCCCC)C(=O)O. The molecule has 0 saturated heterocycles. The van der Waals surface area contributed by atoms with E-state index in [0.29, 0.717) is 0 Å². The van der Waals surface area contributed by atoms with Gasteiger partial charge in [-0.15, -0.1) is 6.42 Å². The van der Waals surface area contributed by atoms with E-state index in [1.54, 1.807) is 0 Å². The summed E-state index contributed by atoms with van der Waals surface area (Å²) in [5.74, 6) is 7.18. The Morgan fingerprint density at radius 3 is 1.61 bits per heavy atom. The summed E-state index contributed by atoms with van der Waals surface area (Å²) in [6.45, 7) is 2.26. The van der Waals surface area contributed by atoms with Crippen LogP contribution in [0.1, 0.15) is 129 Å². The molecule has 28 heavy (non-hydrogen) atoms. The third-order valence-electron chi connectivity index (χ3n) is 5.52. The van der Waals surface area contributed by atoms with Crippen molar-refractivity contribution >= 4 is 5.97 Å². The van der Waals surface area contributed by atoms with Crippen LogP contribution in [-0.2, 0) is 4.79 Å². The maximum Gasteiger partial charge on any atom is 0.306 e. The molecule has 0 aromatic heterocycles. The Morgan fingerprint density at radius 2 is 1.18 bits per heavy atom. The lowest BCUT2D eigenvalue weighted by Gasteiger charge is -2.12. The van der Waals surface area contributed by atoms with Gasteiger partial charge >= 0.3 is 5.97 Å². The molecule has 1 N–H and O–H groups in total. The smallest absolute Gasteiger partial charge is 0.306 e. The second kappa shape index (κ2) is 21.9. The van der Waals surface area contributed by atoms with Gasteiger partial charge in [-0.05, 0) is 31.1 Å². The number of hydrogen-bond donors (Lipinski definition) is 1. The zero-order valence-electron chi connectivity index (χ0n) is 18.4. The van der Waals surface area contributed by atoms with E-state index in [4.69, 9.17) is 6.42 Å². The van der Waals surface area contributed by atoms with Gasteiger partial charge in [-0.2, -0.15) is 0 Å². The molecule has 0 aliphatic carbocycles. The Morgan fingerprint density at radius 1 is 0.750 bits per heavy atom. The number of carbonyl (C=O) groups is 1. The van der Waals surface area contributed by atoms with Crippen LogP contribution in [0.3, 0.4) is 0 Å². The van der Waals surface area contributed by atoms with Gasteiger partial charge in [0.1, 0.15) is 0 Å². The van der Waals surface area contributed by atoms with Crippen LogP contribution in [0.2, 0.25) is 0 Å². The molecule has 0 fully saturated rings. The highest BCUT2D eigenvalue weighted by Gasteiger charge is 2.16. The minimum Gasteiger partial charge on any atom is -0.481 e. The van der Waals surface area contributed by atoms with Crippen molar-refractivity contribution < 1.29 is 9.90 Å². The standard InChI is InChI=1S/C26H44O2/c1-3-5-7-9-11-13-14-16-18-20-22-24-25(26(27)28)23-21-19-17-15-12-10-8-6-4-2/h2,25H,3,5,7,9-24H2,1H3,(H,27,28). The molecule has 0 saturated carbocycles. The Hall–Kier alpha value is -1.41. The van der Waals surface area contributed by atoms with Gasteiger partial charge in [-0.1, -0.05) is 109 Å². The Kier molecular flexibility index (Phi) is 20.8. The van der Waals surface area contributed by atoms with Crippen molar-refractivity contribution in [1.82, 2.24) is 0 Å². The van der Waals surface area contributed by atoms with Crippen LogP contribution >= 0.6 is 0 Å². The van der Waals surface area contributed by atoms with E-state index >= 15 is 0 Å². The molecule has 0 bridgehead atoms. The van der Waals surface area contributed by atoms with Crippen molar-refractivity contribution in [2.24, 2.45) is 5.92 Å². The lowest BCUT2D eigenvalue weighted by Crippen LogP contribution is -2.13. The quantitative estimate of drug-likeness (QED) is 0.171. The fourth-order valence-electron chi connectivity index (χ4n) is 3.69. The first-order chi connectivity index (χ1) is 13.7. The Labute approximate surface area is 175 Å². The first kappa shape index (κ1) is 26.6. The third kappa shape index (κ3) is 19.4. The predicted octanol–water partition coefficient (Wildman–Crippen LogP) is 7.76.